The molecule has 0 bridgehead atoms. The molecule has 2 aliphatic rings. The molecule has 2 atom stereocenters. The molecule has 0 N–H and O–H groups in total. The van der Waals surface area contributed by atoms with E-state index in [9.17, 15) is 13.2 Å². The normalized spacial score (nSPS) is 19.3. The molecule has 32 heavy (non-hydrogen) atoms. The number of rotatable bonds is 7. The first-order valence-electron chi connectivity index (χ1n) is 11.5. The van der Waals surface area contributed by atoms with Crippen molar-refractivity contribution in [2.75, 3.05) is 13.2 Å². The van der Waals surface area contributed by atoms with Gasteiger partial charge in [0.05, 0.1) is 13.2 Å². The standard InChI is InChI=1S/C26H28F3NO2/c1-2-3-4-5-16-8-19-10-22(27)18(12-24(19)31-14-16)7-6-17-9-20-11-23(28)21(13-30)25(29)26(20)32-15-17/h10-12,16-17H,2-9,14-15H2,1H3. The molecule has 0 saturated carbocycles. The monoisotopic (exact) mass is 443 g/mol. The second-order valence-corrected chi connectivity index (χ2v) is 9.00. The molecule has 170 valence electrons. The van der Waals surface area contributed by atoms with Crippen LogP contribution in [-0.4, -0.2) is 13.2 Å². The fraction of sp³-hybridized carbons (Fsp3) is 0.500. The van der Waals surface area contributed by atoms with Gasteiger partial charge in [0.25, 0.3) is 0 Å². The summed E-state index contributed by atoms with van der Waals surface area (Å²) in [5, 5.41) is 8.90. The molecule has 4 rings (SSSR count). The zero-order valence-corrected chi connectivity index (χ0v) is 18.4. The fourth-order valence-electron chi connectivity index (χ4n) is 4.74. The Labute approximate surface area is 187 Å². The maximum atomic E-state index is 14.8. The average Bonchev–Trinajstić information content (AvgIpc) is 2.78. The zero-order chi connectivity index (χ0) is 22.7. The van der Waals surface area contributed by atoms with E-state index in [1.54, 1.807) is 6.07 Å². The van der Waals surface area contributed by atoms with E-state index >= 15 is 0 Å². The molecule has 2 aromatic rings. The second-order valence-electron chi connectivity index (χ2n) is 9.00. The summed E-state index contributed by atoms with van der Waals surface area (Å²) in [5.41, 5.74) is 1.33. The van der Waals surface area contributed by atoms with E-state index in [2.05, 4.69) is 6.92 Å². The van der Waals surface area contributed by atoms with Crippen molar-refractivity contribution in [1.82, 2.24) is 0 Å². The SMILES string of the molecule is CCCCCC1COc2cc(CCC3COc4c(cc(F)c(C#N)c4F)C3)c(F)cc2C1. The van der Waals surface area contributed by atoms with Crippen molar-refractivity contribution in [3.63, 3.8) is 0 Å². The van der Waals surface area contributed by atoms with Gasteiger partial charge in [-0.05, 0) is 73.3 Å². The van der Waals surface area contributed by atoms with Crippen molar-refractivity contribution >= 4 is 0 Å². The van der Waals surface area contributed by atoms with E-state index < -0.39 is 17.2 Å². The van der Waals surface area contributed by atoms with Crippen LogP contribution in [0.4, 0.5) is 13.2 Å². The molecule has 0 radical (unpaired) electrons. The largest absolute Gasteiger partial charge is 0.493 e. The summed E-state index contributed by atoms with van der Waals surface area (Å²) < 4.78 is 54.5. The van der Waals surface area contributed by atoms with Crippen molar-refractivity contribution < 1.29 is 22.6 Å². The molecular weight excluding hydrogens is 415 g/mol. The van der Waals surface area contributed by atoms with Crippen molar-refractivity contribution in [3.8, 4) is 17.6 Å². The van der Waals surface area contributed by atoms with E-state index in [1.807, 2.05) is 6.07 Å². The number of hydrogen-bond acceptors (Lipinski definition) is 3. The van der Waals surface area contributed by atoms with Gasteiger partial charge in [-0.2, -0.15) is 5.26 Å². The smallest absolute Gasteiger partial charge is 0.186 e. The van der Waals surface area contributed by atoms with E-state index in [0.717, 1.165) is 24.2 Å². The highest BCUT2D eigenvalue weighted by atomic mass is 19.1. The molecule has 2 unspecified atom stereocenters. The minimum absolute atomic E-state index is 0.00790. The first-order chi connectivity index (χ1) is 15.5. The highest BCUT2D eigenvalue weighted by Gasteiger charge is 2.27. The summed E-state index contributed by atoms with van der Waals surface area (Å²) in [6.45, 7) is 3.11. The van der Waals surface area contributed by atoms with E-state index in [-0.39, 0.29) is 24.1 Å². The van der Waals surface area contributed by atoms with Gasteiger partial charge in [-0.15, -0.1) is 0 Å². The van der Waals surface area contributed by atoms with Crippen molar-refractivity contribution in [2.24, 2.45) is 11.8 Å². The number of benzene rings is 2. The molecule has 3 nitrogen and oxygen atoms in total. The third kappa shape index (κ3) is 4.72. The minimum atomic E-state index is -0.938. The summed E-state index contributed by atoms with van der Waals surface area (Å²) in [4.78, 5) is 0. The molecule has 0 aromatic heterocycles. The van der Waals surface area contributed by atoms with Crippen LogP contribution in [0.3, 0.4) is 0 Å². The Bertz CT molecular complexity index is 1030. The van der Waals surface area contributed by atoms with Crippen LogP contribution in [-0.2, 0) is 19.3 Å². The van der Waals surface area contributed by atoms with Gasteiger partial charge in [0.1, 0.15) is 29.0 Å². The second kappa shape index (κ2) is 9.85. The number of unbranched alkanes of at least 4 members (excludes halogenated alkanes) is 2. The summed E-state index contributed by atoms with van der Waals surface area (Å²) in [5.74, 6) is -0.859. The fourth-order valence-corrected chi connectivity index (χ4v) is 4.74. The molecule has 6 heteroatoms. The summed E-state index contributed by atoms with van der Waals surface area (Å²) in [7, 11) is 0. The Morgan fingerprint density at radius 1 is 0.938 bits per heavy atom. The maximum absolute atomic E-state index is 14.8. The quantitative estimate of drug-likeness (QED) is 0.472. The molecular formula is C26H28F3NO2. The Kier molecular flexibility index (Phi) is 6.93. The molecule has 2 heterocycles. The number of aryl methyl sites for hydroxylation is 1. The van der Waals surface area contributed by atoms with Crippen LogP contribution >= 0.6 is 0 Å². The Balaban J connectivity index is 1.39. The molecule has 2 aliphatic heterocycles. The predicted molar refractivity (Wildman–Crippen MR) is 115 cm³/mol. The maximum Gasteiger partial charge on any atom is 0.186 e. The lowest BCUT2D eigenvalue weighted by Gasteiger charge is -2.27. The predicted octanol–water partition coefficient (Wildman–Crippen LogP) is 6.29. The molecule has 0 fully saturated rings. The third-order valence-electron chi connectivity index (χ3n) is 6.58. The summed E-state index contributed by atoms with van der Waals surface area (Å²) in [6.07, 6.45) is 7.08. The topological polar surface area (TPSA) is 42.2 Å². The van der Waals surface area contributed by atoms with E-state index in [0.29, 0.717) is 42.9 Å². The number of fused-ring (bicyclic) bond motifs is 2. The van der Waals surface area contributed by atoms with Crippen LogP contribution in [0.5, 0.6) is 11.5 Å². The van der Waals surface area contributed by atoms with Crippen LogP contribution < -0.4 is 9.47 Å². The molecule has 0 saturated heterocycles. The lowest BCUT2D eigenvalue weighted by Crippen LogP contribution is -2.23. The number of nitrogens with zero attached hydrogens (tertiary/aromatic N) is 1. The zero-order valence-electron chi connectivity index (χ0n) is 18.4. The van der Waals surface area contributed by atoms with Gasteiger partial charge in [-0.3, -0.25) is 0 Å². The third-order valence-corrected chi connectivity index (χ3v) is 6.58. The average molecular weight is 444 g/mol. The molecule has 0 spiro atoms. The van der Waals surface area contributed by atoms with Crippen molar-refractivity contribution in [2.45, 2.75) is 58.3 Å². The summed E-state index contributed by atoms with van der Waals surface area (Å²) >= 11 is 0. The minimum Gasteiger partial charge on any atom is -0.493 e. The van der Waals surface area contributed by atoms with Crippen molar-refractivity contribution in [3.05, 3.63) is 57.9 Å². The van der Waals surface area contributed by atoms with Crippen LogP contribution in [0.1, 0.15) is 61.3 Å². The van der Waals surface area contributed by atoms with Gasteiger partial charge < -0.3 is 9.47 Å². The molecule has 0 amide bonds. The number of ether oxygens (including phenoxy) is 2. The number of nitriles is 1. The van der Waals surface area contributed by atoms with Crippen molar-refractivity contribution in [1.29, 1.82) is 5.26 Å². The van der Waals surface area contributed by atoms with Gasteiger partial charge in [0, 0.05) is 5.56 Å². The lowest BCUT2D eigenvalue weighted by atomic mass is 9.88. The van der Waals surface area contributed by atoms with E-state index in [4.69, 9.17) is 14.7 Å². The Morgan fingerprint density at radius 2 is 1.66 bits per heavy atom. The van der Waals surface area contributed by atoms with Gasteiger partial charge in [0.15, 0.2) is 11.6 Å². The summed E-state index contributed by atoms with van der Waals surface area (Å²) in [6, 6.07) is 6.13. The highest BCUT2D eigenvalue weighted by Crippen LogP contribution is 2.36. The van der Waals surface area contributed by atoms with Crippen LogP contribution in [0.2, 0.25) is 0 Å². The van der Waals surface area contributed by atoms with Gasteiger partial charge in [-0.1, -0.05) is 26.2 Å². The number of halogens is 3. The Hall–Kier alpha value is -2.68. The first kappa shape index (κ1) is 22.5. The van der Waals surface area contributed by atoms with E-state index in [1.165, 1.54) is 31.4 Å². The van der Waals surface area contributed by atoms with Crippen LogP contribution in [0, 0.1) is 40.6 Å². The highest BCUT2D eigenvalue weighted by molar-refractivity contribution is 5.46. The molecule has 2 aromatic carbocycles. The Morgan fingerprint density at radius 3 is 2.44 bits per heavy atom. The van der Waals surface area contributed by atoms with Crippen LogP contribution in [0.25, 0.3) is 0 Å². The van der Waals surface area contributed by atoms with Gasteiger partial charge >= 0.3 is 0 Å². The van der Waals surface area contributed by atoms with Gasteiger partial charge in [0.2, 0.25) is 0 Å². The lowest BCUT2D eigenvalue weighted by molar-refractivity contribution is 0.203. The molecule has 0 aliphatic carbocycles. The van der Waals surface area contributed by atoms with Crippen LogP contribution in [0.15, 0.2) is 18.2 Å². The van der Waals surface area contributed by atoms with Gasteiger partial charge in [-0.25, -0.2) is 13.2 Å². The first-order valence-corrected chi connectivity index (χ1v) is 11.5. The number of hydrogen-bond donors (Lipinski definition) is 0.